The highest BCUT2D eigenvalue weighted by molar-refractivity contribution is 8.03. The Morgan fingerprint density at radius 3 is 2.68 bits per heavy atom. The Bertz CT molecular complexity index is 677. The average Bonchev–Trinajstić information content (AvgIpc) is 3.20. The molecule has 9 nitrogen and oxygen atoms in total. The number of guanidine groups is 1. The summed E-state index contributed by atoms with van der Waals surface area (Å²) in [7, 11) is 0. The van der Waals surface area contributed by atoms with Crippen LogP contribution in [-0.2, 0) is 9.59 Å². The fourth-order valence-electron chi connectivity index (χ4n) is 4.50. The van der Waals surface area contributed by atoms with E-state index in [1.807, 2.05) is 0 Å². The van der Waals surface area contributed by atoms with Crippen molar-refractivity contribution >= 4 is 29.6 Å². The Morgan fingerprint density at radius 2 is 2.11 bits per heavy atom. The summed E-state index contributed by atoms with van der Waals surface area (Å²) < 4.78 is 0. The number of hydrogen-bond acceptors (Lipinski definition) is 6. The van der Waals surface area contributed by atoms with Crippen LogP contribution in [0.15, 0.2) is 10.6 Å². The minimum atomic E-state index is -1.10. The Balaban J connectivity index is 1.78. The van der Waals surface area contributed by atoms with Gasteiger partial charge in [-0.1, -0.05) is 0 Å². The third-order valence-corrected chi connectivity index (χ3v) is 6.96. The monoisotopic (exact) mass is 411 g/mol. The number of aliphatic hydroxyl groups is 1. The molecule has 2 unspecified atom stereocenters. The molecular formula is C18H29N5O4S. The molecule has 0 radical (unpaired) electrons. The first-order valence-electron chi connectivity index (χ1n) is 9.74. The van der Waals surface area contributed by atoms with Crippen molar-refractivity contribution in [2.24, 2.45) is 17.6 Å². The number of nitrogens with one attached hydrogen (secondary N) is 2. The highest BCUT2D eigenvalue weighted by Gasteiger charge is 2.60. The highest BCUT2D eigenvalue weighted by atomic mass is 32.2. The number of likely N-dealkylation sites (tertiary alicyclic amines) is 1. The summed E-state index contributed by atoms with van der Waals surface area (Å²) in [6.07, 6.45) is 2.11. The smallest absolute Gasteiger partial charge is 0.353 e. The molecule has 0 saturated carbocycles. The summed E-state index contributed by atoms with van der Waals surface area (Å²) in [5.74, 6) is -1.58. The number of fused-ring (bicyclic) bond motifs is 1. The van der Waals surface area contributed by atoms with Crippen LogP contribution in [0.25, 0.3) is 0 Å². The Hall–Kier alpha value is -1.78. The molecule has 0 aromatic heterocycles. The van der Waals surface area contributed by atoms with E-state index in [4.69, 9.17) is 11.1 Å². The number of rotatable bonds is 9. The fraction of sp³-hybridized carbons (Fsp3) is 0.722. The molecule has 3 aliphatic heterocycles. The summed E-state index contributed by atoms with van der Waals surface area (Å²) in [6, 6.07) is -0.346. The van der Waals surface area contributed by atoms with E-state index < -0.39 is 18.0 Å². The van der Waals surface area contributed by atoms with Crippen LogP contribution >= 0.6 is 11.8 Å². The van der Waals surface area contributed by atoms with Gasteiger partial charge in [0.15, 0.2) is 5.96 Å². The molecule has 2 fully saturated rings. The second-order valence-electron chi connectivity index (χ2n) is 7.62. The molecule has 0 aliphatic carbocycles. The number of carboxylic acid groups (broad SMARTS) is 1. The van der Waals surface area contributed by atoms with Gasteiger partial charge in [0.2, 0.25) is 5.91 Å². The van der Waals surface area contributed by atoms with Crippen molar-refractivity contribution in [3.05, 3.63) is 10.6 Å². The van der Waals surface area contributed by atoms with Gasteiger partial charge in [-0.05, 0) is 39.3 Å². The third kappa shape index (κ3) is 3.99. The SMILES string of the molecule is C[C@@H](O)C1C(=O)N2C(C(=O)O)=C(SCCN3CCCC3)[C@H](CCNC(=N)N)C12. The normalized spacial score (nSPS) is 28.3. The van der Waals surface area contributed by atoms with Crippen LogP contribution in [0.3, 0.4) is 0 Å². The molecule has 0 spiro atoms. The predicted molar refractivity (Wildman–Crippen MR) is 107 cm³/mol. The van der Waals surface area contributed by atoms with Crippen LogP contribution in [0.5, 0.6) is 0 Å². The van der Waals surface area contributed by atoms with Gasteiger partial charge < -0.3 is 31.1 Å². The van der Waals surface area contributed by atoms with E-state index in [9.17, 15) is 19.8 Å². The zero-order valence-corrected chi connectivity index (χ0v) is 16.9. The number of hydrogen-bond donors (Lipinski definition) is 5. The summed E-state index contributed by atoms with van der Waals surface area (Å²) >= 11 is 1.51. The molecule has 10 heteroatoms. The van der Waals surface area contributed by atoms with E-state index in [-0.39, 0.29) is 29.5 Å². The standard InChI is InChI=1S/C18H29N5O4S/c1-10(24)12-13-11(4-5-21-18(19)20)15(14(17(26)27)23(13)16(12)25)28-9-8-22-6-2-3-7-22/h10-13,24H,2-9H2,1H3,(H,26,27)(H4,19,20,21)/t10-,11-,12?,13?/m1/s1. The van der Waals surface area contributed by atoms with E-state index in [1.54, 1.807) is 6.92 Å². The van der Waals surface area contributed by atoms with Crippen molar-refractivity contribution in [3.8, 4) is 0 Å². The first kappa shape index (κ1) is 20.9. The van der Waals surface area contributed by atoms with Crippen LogP contribution < -0.4 is 11.1 Å². The van der Waals surface area contributed by atoms with Crippen molar-refractivity contribution in [2.45, 2.75) is 38.3 Å². The number of aliphatic carboxylic acids is 1. The average molecular weight is 412 g/mol. The van der Waals surface area contributed by atoms with Gasteiger partial charge >= 0.3 is 5.97 Å². The van der Waals surface area contributed by atoms with Crippen LogP contribution in [0.4, 0.5) is 0 Å². The van der Waals surface area contributed by atoms with Crippen LogP contribution in [0.1, 0.15) is 26.2 Å². The Morgan fingerprint density at radius 1 is 1.43 bits per heavy atom. The zero-order chi connectivity index (χ0) is 20.4. The molecule has 156 valence electrons. The van der Waals surface area contributed by atoms with Crippen molar-refractivity contribution in [1.29, 1.82) is 5.41 Å². The first-order chi connectivity index (χ1) is 13.3. The third-order valence-electron chi connectivity index (χ3n) is 5.77. The number of β-lactam (4-membered cyclic amide) rings is 1. The number of nitrogens with two attached hydrogens (primary N) is 1. The van der Waals surface area contributed by atoms with Gasteiger partial charge in [0, 0.05) is 29.7 Å². The molecular weight excluding hydrogens is 382 g/mol. The molecule has 3 heterocycles. The molecule has 6 N–H and O–H groups in total. The van der Waals surface area contributed by atoms with Crippen molar-refractivity contribution in [2.75, 3.05) is 31.9 Å². The Kier molecular flexibility index (Phi) is 6.51. The van der Waals surface area contributed by atoms with Crippen molar-refractivity contribution in [3.63, 3.8) is 0 Å². The summed E-state index contributed by atoms with van der Waals surface area (Å²) in [5.41, 5.74) is 5.42. The molecule has 0 bridgehead atoms. The number of carbonyl (C=O) groups is 2. The largest absolute Gasteiger partial charge is 0.477 e. The number of amides is 1. The summed E-state index contributed by atoms with van der Waals surface area (Å²) in [6.45, 7) is 5.03. The van der Waals surface area contributed by atoms with Crippen molar-refractivity contribution < 1.29 is 19.8 Å². The van der Waals surface area contributed by atoms with Crippen molar-refractivity contribution in [1.82, 2.24) is 15.1 Å². The molecule has 2 saturated heterocycles. The zero-order valence-electron chi connectivity index (χ0n) is 16.1. The fourth-order valence-corrected chi connectivity index (χ4v) is 5.86. The van der Waals surface area contributed by atoms with Crippen LogP contribution in [-0.4, -0.2) is 81.9 Å². The van der Waals surface area contributed by atoms with Crippen LogP contribution in [0, 0.1) is 17.2 Å². The quantitative estimate of drug-likeness (QED) is 0.200. The van der Waals surface area contributed by atoms with E-state index in [0.29, 0.717) is 17.9 Å². The molecule has 0 aromatic carbocycles. The highest BCUT2D eigenvalue weighted by Crippen LogP contribution is 2.51. The lowest BCUT2D eigenvalue weighted by Crippen LogP contribution is -2.64. The molecule has 3 rings (SSSR count). The lowest BCUT2D eigenvalue weighted by Gasteiger charge is -2.47. The van der Waals surface area contributed by atoms with E-state index >= 15 is 0 Å². The number of carboxylic acids is 1. The molecule has 28 heavy (non-hydrogen) atoms. The lowest BCUT2D eigenvalue weighted by molar-refractivity contribution is -0.163. The number of nitrogens with zero attached hydrogens (tertiary/aromatic N) is 2. The molecule has 3 aliphatic rings. The second kappa shape index (κ2) is 8.71. The van der Waals surface area contributed by atoms with Gasteiger partial charge in [0.25, 0.3) is 0 Å². The number of carbonyl (C=O) groups excluding carboxylic acids is 1. The number of thioether (sulfide) groups is 1. The lowest BCUT2D eigenvalue weighted by atomic mass is 9.77. The topological polar surface area (TPSA) is 143 Å². The molecule has 4 atom stereocenters. The van der Waals surface area contributed by atoms with Gasteiger partial charge in [0.1, 0.15) is 5.70 Å². The second-order valence-corrected chi connectivity index (χ2v) is 8.75. The maximum atomic E-state index is 12.5. The number of aliphatic hydroxyl groups excluding tert-OH is 1. The Labute approximate surface area is 168 Å². The summed E-state index contributed by atoms with van der Waals surface area (Å²) in [4.78, 5) is 28.9. The molecule has 0 aromatic rings. The van der Waals surface area contributed by atoms with Gasteiger partial charge in [-0.25, -0.2) is 4.79 Å². The maximum Gasteiger partial charge on any atom is 0.353 e. The van der Waals surface area contributed by atoms with Gasteiger partial charge in [-0.3, -0.25) is 10.2 Å². The maximum absolute atomic E-state index is 12.5. The molecule has 1 amide bonds. The van der Waals surface area contributed by atoms with Gasteiger partial charge in [-0.15, -0.1) is 11.8 Å². The van der Waals surface area contributed by atoms with Gasteiger partial charge in [-0.2, -0.15) is 0 Å². The minimum Gasteiger partial charge on any atom is -0.477 e. The van der Waals surface area contributed by atoms with E-state index in [1.165, 1.54) is 29.5 Å². The first-order valence-corrected chi connectivity index (χ1v) is 10.7. The minimum absolute atomic E-state index is 0.0612. The van der Waals surface area contributed by atoms with Crippen LogP contribution in [0.2, 0.25) is 0 Å². The summed E-state index contributed by atoms with van der Waals surface area (Å²) in [5, 5.41) is 29.9. The van der Waals surface area contributed by atoms with Gasteiger partial charge in [0.05, 0.1) is 18.1 Å². The van der Waals surface area contributed by atoms with E-state index in [2.05, 4.69) is 10.2 Å². The predicted octanol–water partition coefficient (Wildman–Crippen LogP) is -0.178. The van der Waals surface area contributed by atoms with E-state index in [0.717, 1.165) is 25.4 Å².